The minimum atomic E-state index is -1.70. The molecular formula is C23H38IMgNOSi. The van der Waals surface area contributed by atoms with Crippen LogP contribution in [0.3, 0.4) is 0 Å². The Bertz CT molecular complexity index is 718. The maximum Gasteiger partial charge on any atom is 2.00 e. The van der Waals surface area contributed by atoms with E-state index in [1.165, 1.54) is 16.5 Å². The SMILES string of the molecule is CC(=O)CCCc1ccc2c(ccn2[Si](C(C)C)(C(C)C)C(C)C)c1.[CH3-].[I-].[Mg+2]. The second kappa shape index (κ2) is 12.8. The van der Waals surface area contributed by atoms with Crippen molar-refractivity contribution in [3.8, 4) is 0 Å². The molecule has 1 aromatic heterocycles. The Morgan fingerprint density at radius 1 is 1.00 bits per heavy atom. The number of hydrogen-bond donors (Lipinski definition) is 0. The molecule has 2 nitrogen and oxygen atoms in total. The molecule has 0 bridgehead atoms. The van der Waals surface area contributed by atoms with Crippen LogP contribution in [0.1, 0.15) is 66.9 Å². The van der Waals surface area contributed by atoms with Gasteiger partial charge in [0.2, 0.25) is 0 Å². The average molecular weight is 524 g/mol. The van der Waals surface area contributed by atoms with Gasteiger partial charge in [0.25, 0.3) is 0 Å². The van der Waals surface area contributed by atoms with E-state index in [0.717, 1.165) is 12.8 Å². The smallest absolute Gasteiger partial charge is 1.00 e. The van der Waals surface area contributed by atoms with Crippen molar-refractivity contribution < 1.29 is 28.8 Å². The van der Waals surface area contributed by atoms with Crippen LogP contribution in [0, 0.1) is 7.43 Å². The second-order valence-electron chi connectivity index (χ2n) is 8.49. The molecule has 0 saturated heterocycles. The van der Waals surface area contributed by atoms with Gasteiger partial charge < -0.3 is 40.4 Å². The minimum absolute atomic E-state index is 0. The quantitative estimate of drug-likeness (QED) is 0.294. The summed E-state index contributed by atoms with van der Waals surface area (Å²) in [6.45, 7) is 16.1. The summed E-state index contributed by atoms with van der Waals surface area (Å²) in [5, 5.41) is 1.35. The molecule has 2 rings (SSSR count). The van der Waals surface area contributed by atoms with Crippen LogP contribution in [0.2, 0.25) is 16.6 Å². The molecule has 0 aliphatic heterocycles. The predicted octanol–water partition coefficient (Wildman–Crippen LogP) is 3.65. The van der Waals surface area contributed by atoms with Gasteiger partial charge >= 0.3 is 23.1 Å². The van der Waals surface area contributed by atoms with Crippen molar-refractivity contribution in [2.24, 2.45) is 0 Å². The molecule has 0 spiro atoms. The van der Waals surface area contributed by atoms with Gasteiger partial charge in [0, 0.05) is 11.9 Å². The van der Waals surface area contributed by atoms with E-state index in [2.05, 4.69) is 76.2 Å². The molecule has 0 aliphatic carbocycles. The number of fused-ring (bicyclic) bond motifs is 1. The summed E-state index contributed by atoms with van der Waals surface area (Å²) in [6.07, 6.45) is 4.96. The number of benzene rings is 1. The van der Waals surface area contributed by atoms with Crippen molar-refractivity contribution >= 4 is 48.0 Å². The fourth-order valence-electron chi connectivity index (χ4n) is 5.06. The molecule has 1 heterocycles. The average Bonchev–Trinajstić information content (AvgIpc) is 2.90. The Kier molecular flexibility index (Phi) is 13.8. The molecule has 0 N–H and O–H groups in total. The summed E-state index contributed by atoms with van der Waals surface area (Å²) < 4.78 is 2.67. The minimum Gasteiger partial charge on any atom is -1.00 e. The van der Waals surface area contributed by atoms with Crippen LogP contribution < -0.4 is 24.0 Å². The van der Waals surface area contributed by atoms with Crippen molar-refractivity contribution in [1.82, 2.24) is 4.23 Å². The van der Waals surface area contributed by atoms with E-state index in [1.807, 2.05) is 0 Å². The zero-order valence-corrected chi connectivity index (χ0v) is 23.8. The van der Waals surface area contributed by atoms with E-state index in [-0.39, 0.29) is 60.2 Å². The van der Waals surface area contributed by atoms with Gasteiger partial charge in [0.05, 0.1) is 0 Å². The van der Waals surface area contributed by atoms with Crippen molar-refractivity contribution in [1.29, 1.82) is 0 Å². The third kappa shape index (κ3) is 6.08. The summed E-state index contributed by atoms with van der Waals surface area (Å²) >= 11 is 0. The molecule has 2 aromatic rings. The van der Waals surface area contributed by atoms with Gasteiger partial charge in [-0.3, -0.25) is 0 Å². The van der Waals surface area contributed by atoms with E-state index in [1.54, 1.807) is 6.92 Å². The Hall–Kier alpha value is 0.143. The van der Waals surface area contributed by atoms with Crippen LogP contribution >= 0.6 is 0 Å². The predicted molar refractivity (Wildman–Crippen MR) is 124 cm³/mol. The van der Waals surface area contributed by atoms with Gasteiger partial charge in [-0.25, -0.2) is 0 Å². The molecule has 0 aliphatic rings. The summed E-state index contributed by atoms with van der Waals surface area (Å²) in [6, 6.07) is 9.19. The number of nitrogens with zero attached hydrogens (tertiary/aromatic N) is 1. The Balaban J connectivity index is 0. The maximum atomic E-state index is 11.2. The third-order valence-corrected chi connectivity index (χ3v) is 12.7. The number of Topliss-reactive ketones (excluding diaryl/α,β-unsaturated/α-hetero) is 1. The van der Waals surface area contributed by atoms with Gasteiger partial charge in [0.15, 0.2) is 8.24 Å². The molecule has 5 heteroatoms. The largest absolute Gasteiger partial charge is 2.00 e. The molecular weight excluding hydrogens is 486 g/mol. The summed E-state index contributed by atoms with van der Waals surface area (Å²) in [4.78, 5) is 11.2. The van der Waals surface area contributed by atoms with Gasteiger partial charge in [-0.1, -0.05) is 47.6 Å². The Labute approximate surface area is 207 Å². The van der Waals surface area contributed by atoms with E-state index in [9.17, 15) is 4.79 Å². The zero-order valence-electron chi connectivity index (χ0n) is 19.2. The summed E-state index contributed by atoms with van der Waals surface area (Å²) in [5.74, 6) is 0.286. The van der Waals surface area contributed by atoms with Crippen molar-refractivity contribution in [3.63, 3.8) is 0 Å². The van der Waals surface area contributed by atoms with Crippen LogP contribution in [-0.4, -0.2) is 41.3 Å². The molecule has 0 radical (unpaired) electrons. The number of aryl methyl sites for hydroxylation is 1. The van der Waals surface area contributed by atoms with Gasteiger partial charge in [-0.05, 0) is 71.7 Å². The third-order valence-electron chi connectivity index (χ3n) is 5.94. The number of ketones is 1. The van der Waals surface area contributed by atoms with Crippen molar-refractivity contribution in [2.75, 3.05) is 0 Å². The van der Waals surface area contributed by atoms with Crippen LogP contribution in [-0.2, 0) is 11.2 Å². The summed E-state index contributed by atoms with van der Waals surface area (Å²) in [7, 11) is -1.70. The molecule has 0 fully saturated rings. The fraction of sp³-hybridized carbons (Fsp3) is 0.565. The molecule has 0 unspecified atom stereocenters. The van der Waals surface area contributed by atoms with Gasteiger partial charge in [0.1, 0.15) is 5.78 Å². The number of rotatable bonds is 8. The number of carbonyl (C=O) groups excluding carboxylic acids is 1. The monoisotopic (exact) mass is 523 g/mol. The molecule has 0 amide bonds. The van der Waals surface area contributed by atoms with E-state index in [4.69, 9.17) is 0 Å². The van der Waals surface area contributed by atoms with E-state index in [0.29, 0.717) is 23.0 Å². The van der Waals surface area contributed by atoms with Crippen LogP contribution in [0.15, 0.2) is 30.5 Å². The van der Waals surface area contributed by atoms with Crippen molar-refractivity contribution in [2.45, 2.75) is 84.4 Å². The topological polar surface area (TPSA) is 22.0 Å². The van der Waals surface area contributed by atoms with Crippen LogP contribution in [0.25, 0.3) is 10.9 Å². The first-order chi connectivity index (χ1) is 11.7. The first-order valence-corrected chi connectivity index (χ1v) is 12.0. The van der Waals surface area contributed by atoms with E-state index >= 15 is 0 Å². The standard InChI is InChI=1S/C22H35NOSi.CH3.HI.Mg/c1-16(2)25(17(3)4,18(5)6)23-14-13-21-15-20(11-12-22(21)23)10-8-9-19(7)24;;;/h11-18H,8-10H2,1-7H3;1H3;1H;/q;-1;;+2/p-1. The van der Waals surface area contributed by atoms with E-state index < -0.39 is 8.24 Å². The van der Waals surface area contributed by atoms with Gasteiger partial charge in [-0.15, -0.1) is 0 Å². The summed E-state index contributed by atoms with van der Waals surface area (Å²) in [5.41, 5.74) is 4.81. The molecule has 154 valence electrons. The van der Waals surface area contributed by atoms with Gasteiger partial charge in [-0.2, -0.15) is 0 Å². The molecule has 0 atom stereocenters. The second-order valence-corrected chi connectivity index (χ2v) is 14.2. The normalized spacial score (nSPS) is 11.4. The Morgan fingerprint density at radius 2 is 1.54 bits per heavy atom. The first-order valence-electron chi connectivity index (χ1n) is 9.81. The number of halogens is 1. The Morgan fingerprint density at radius 3 is 2.00 bits per heavy atom. The first kappa shape index (κ1) is 30.3. The number of aromatic nitrogens is 1. The molecule has 1 aromatic carbocycles. The maximum absolute atomic E-state index is 11.2. The molecule has 28 heavy (non-hydrogen) atoms. The van der Waals surface area contributed by atoms with Crippen LogP contribution in [0.4, 0.5) is 0 Å². The molecule has 0 saturated carbocycles. The number of hydrogen-bond acceptors (Lipinski definition) is 1. The zero-order chi connectivity index (χ0) is 18.8. The number of carbonyl (C=O) groups is 1. The fourth-order valence-corrected chi connectivity index (χ4v) is 11.7. The van der Waals surface area contributed by atoms with Crippen molar-refractivity contribution in [3.05, 3.63) is 43.5 Å². The van der Waals surface area contributed by atoms with Crippen LogP contribution in [0.5, 0.6) is 0 Å².